The molecule has 18 heavy (non-hydrogen) atoms. The molecule has 1 atom stereocenters. The summed E-state index contributed by atoms with van der Waals surface area (Å²) in [5.74, 6) is 0.897. The summed E-state index contributed by atoms with van der Waals surface area (Å²) >= 11 is 0. The van der Waals surface area contributed by atoms with Gasteiger partial charge >= 0.3 is 0 Å². The van der Waals surface area contributed by atoms with E-state index in [1.54, 1.807) is 4.68 Å². The number of tetrazole rings is 1. The summed E-state index contributed by atoms with van der Waals surface area (Å²) in [7, 11) is 1.98. The number of hydrogen-bond acceptors (Lipinski definition) is 4. The first-order valence-corrected chi connectivity index (χ1v) is 6.35. The first-order chi connectivity index (χ1) is 8.85. The van der Waals surface area contributed by atoms with Crippen LogP contribution >= 0.6 is 0 Å². The first kappa shape index (κ1) is 12.7. The molecule has 0 aliphatic heterocycles. The number of aromatic nitrogens is 4. The number of benzene rings is 1. The van der Waals surface area contributed by atoms with Crippen molar-refractivity contribution >= 4 is 0 Å². The minimum atomic E-state index is 0.420. The molecule has 0 saturated heterocycles. The predicted molar refractivity (Wildman–Crippen MR) is 70.6 cm³/mol. The van der Waals surface area contributed by atoms with E-state index in [9.17, 15) is 0 Å². The lowest BCUT2D eigenvalue weighted by atomic mass is 10.1. The smallest absolute Gasteiger partial charge is 0.158 e. The monoisotopic (exact) mass is 245 g/mol. The second-order valence-electron chi connectivity index (χ2n) is 4.32. The Balaban J connectivity index is 2.18. The molecule has 0 amide bonds. The molecule has 0 radical (unpaired) electrons. The van der Waals surface area contributed by atoms with Crippen molar-refractivity contribution in [1.82, 2.24) is 25.5 Å². The molecule has 1 heterocycles. The number of nitrogens with one attached hydrogen (secondary N) is 1. The lowest BCUT2D eigenvalue weighted by Crippen LogP contribution is -2.28. The van der Waals surface area contributed by atoms with Crippen LogP contribution in [0.2, 0.25) is 0 Å². The van der Waals surface area contributed by atoms with Gasteiger partial charge in [-0.1, -0.05) is 31.5 Å². The van der Waals surface area contributed by atoms with E-state index in [1.807, 2.05) is 37.4 Å². The zero-order valence-electron chi connectivity index (χ0n) is 10.9. The molecule has 0 saturated carbocycles. The van der Waals surface area contributed by atoms with E-state index in [1.165, 1.54) is 0 Å². The molecule has 5 heteroatoms. The predicted octanol–water partition coefficient (Wildman–Crippen LogP) is 1.59. The van der Waals surface area contributed by atoms with E-state index in [0.29, 0.717) is 6.04 Å². The third-order valence-corrected chi connectivity index (χ3v) is 3.01. The van der Waals surface area contributed by atoms with Gasteiger partial charge in [0.15, 0.2) is 5.82 Å². The topological polar surface area (TPSA) is 55.6 Å². The number of likely N-dealkylation sites (N-methyl/N-ethyl adjacent to an activating group) is 1. The van der Waals surface area contributed by atoms with Crippen molar-refractivity contribution in [3.05, 3.63) is 36.2 Å². The van der Waals surface area contributed by atoms with Crippen LogP contribution in [0.1, 0.15) is 25.6 Å². The van der Waals surface area contributed by atoms with E-state index in [-0.39, 0.29) is 0 Å². The molecule has 1 unspecified atom stereocenters. The summed E-state index contributed by atoms with van der Waals surface area (Å²) in [6.07, 6.45) is 3.11. The molecular weight excluding hydrogens is 226 g/mol. The van der Waals surface area contributed by atoms with Crippen molar-refractivity contribution in [2.75, 3.05) is 7.05 Å². The lowest BCUT2D eigenvalue weighted by Gasteiger charge is -2.14. The summed E-state index contributed by atoms with van der Waals surface area (Å²) in [4.78, 5) is 0. The third-order valence-electron chi connectivity index (χ3n) is 3.01. The summed E-state index contributed by atoms with van der Waals surface area (Å²) in [5, 5.41) is 15.3. The van der Waals surface area contributed by atoms with Gasteiger partial charge in [0.2, 0.25) is 0 Å². The molecule has 2 aromatic rings. The Labute approximate surface area is 107 Å². The van der Waals surface area contributed by atoms with Gasteiger partial charge < -0.3 is 5.32 Å². The first-order valence-electron chi connectivity index (χ1n) is 6.35. The van der Waals surface area contributed by atoms with Gasteiger partial charge in [-0.2, -0.15) is 4.68 Å². The fraction of sp³-hybridized carbons (Fsp3) is 0.462. The molecule has 0 fully saturated rings. The van der Waals surface area contributed by atoms with E-state index in [0.717, 1.165) is 30.8 Å². The summed E-state index contributed by atoms with van der Waals surface area (Å²) in [6.45, 7) is 2.19. The van der Waals surface area contributed by atoms with Gasteiger partial charge in [-0.25, -0.2) is 0 Å². The van der Waals surface area contributed by atoms with Crippen LogP contribution in [-0.4, -0.2) is 33.3 Å². The van der Waals surface area contributed by atoms with Gasteiger partial charge in [0, 0.05) is 12.5 Å². The second-order valence-corrected chi connectivity index (χ2v) is 4.32. The van der Waals surface area contributed by atoms with Gasteiger partial charge in [-0.3, -0.25) is 0 Å². The van der Waals surface area contributed by atoms with Crippen molar-refractivity contribution in [2.45, 2.75) is 32.2 Å². The van der Waals surface area contributed by atoms with E-state index < -0.39 is 0 Å². The molecule has 0 bridgehead atoms. The Kier molecular flexibility index (Phi) is 4.41. The molecule has 5 nitrogen and oxygen atoms in total. The minimum Gasteiger partial charge on any atom is -0.317 e. The van der Waals surface area contributed by atoms with E-state index in [2.05, 4.69) is 27.8 Å². The molecule has 0 aliphatic carbocycles. The number of rotatable bonds is 6. The quantitative estimate of drug-likeness (QED) is 0.839. The maximum atomic E-state index is 4.12. The van der Waals surface area contributed by atoms with Crippen LogP contribution < -0.4 is 5.32 Å². The number of hydrogen-bond donors (Lipinski definition) is 1. The zero-order valence-corrected chi connectivity index (χ0v) is 10.9. The third kappa shape index (κ3) is 2.92. The van der Waals surface area contributed by atoms with Gasteiger partial charge in [0.25, 0.3) is 0 Å². The van der Waals surface area contributed by atoms with Crippen LogP contribution in [0, 0.1) is 0 Å². The molecule has 1 N–H and O–H groups in total. The highest BCUT2D eigenvalue weighted by atomic mass is 15.5. The van der Waals surface area contributed by atoms with Crippen molar-refractivity contribution in [2.24, 2.45) is 0 Å². The van der Waals surface area contributed by atoms with Crippen LogP contribution in [0.4, 0.5) is 0 Å². The van der Waals surface area contributed by atoms with Gasteiger partial charge in [-0.05, 0) is 36.0 Å². The van der Waals surface area contributed by atoms with Crippen LogP contribution in [0.15, 0.2) is 30.3 Å². The van der Waals surface area contributed by atoms with Gasteiger partial charge in [0.1, 0.15) is 0 Å². The molecular formula is C13H19N5. The van der Waals surface area contributed by atoms with Crippen molar-refractivity contribution < 1.29 is 0 Å². The summed E-state index contributed by atoms with van der Waals surface area (Å²) < 4.78 is 1.81. The SMILES string of the molecule is CCCC(Cc1nnnn1-c1ccccc1)NC. The normalized spacial score (nSPS) is 12.6. The number of nitrogens with zero attached hydrogens (tertiary/aromatic N) is 4. The van der Waals surface area contributed by atoms with E-state index >= 15 is 0 Å². The molecule has 1 aromatic carbocycles. The Morgan fingerprint density at radius 1 is 1.28 bits per heavy atom. The highest BCUT2D eigenvalue weighted by Crippen LogP contribution is 2.10. The molecule has 96 valence electrons. The largest absolute Gasteiger partial charge is 0.317 e. The van der Waals surface area contributed by atoms with Crippen LogP contribution in [0.5, 0.6) is 0 Å². The summed E-state index contributed by atoms with van der Waals surface area (Å²) in [6, 6.07) is 10.4. The Hall–Kier alpha value is -1.75. The van der Waals surface area contributed by atoms with Crippen LogP contribution in [0.3, 0.4) is 0 Å². The Morgan fingerprint density at radius 3 is 2.72 bits per heavy atom. The van der Waals surface area contributed by atoms with Crippen LogP contribution in [-0.2, 0) is 6.42 Å². The highest BCUT2D eigenvalue weighted by molar-refractivity contribution is 5.30. The Morgan fingerprint density at radius 2 is 2.06 bits per heavy atom. The van der Waals surface area contributed by atoms with Gasteiger partial charge in [0.05, 0.1) is 5.69 Å². The van der Waals surface area contributed by atoms with Crippen molar-refractivity contribution in [1.29, 1.82) is 0 Å². The summed E-state index contributed by atoms with van der Waals surface area (Å²) in [5.41, 5.74) is 1.00. The lowest BCUT2D eigenvalue weighted by molar-refractivity contribution is 0.498. The fourth-order valence-corrected chi connectivity index (χ4v) is 2.02. The highest BCUT2D eigenvalue weighted by Gasteiger charge is 2.13. The molecule has 0 aliphatic rings. The molecule has 1 aromatic heterocycles. The zero-order chi connectivity index (χ0) is 12.8. The number of para-hydroxylation sites is 1. The van der Waals surface area contributed by atoms with Crippen molar-refractivity contribution in [3.63, 3.8) is 0 Å². The standard InChI is InChI=1S/C13H19N5/c1-3-7-11(14-2)10-13-15-16-17-18(13)12-8-5-4-6-9-12/h4-6,8-9,11,14H,3,7,10H2,1-2H3. The molecule has 0 spiro atoms. The van der Waals surface area contributed by atoms with Gasteiger partial charge in [-0.15, -0.1) is 5.10 Å². The average molecular weight is 245 g/mol. The Bertz CT molecular complexity index is 465. The molecule has 2 rings (SSSR count). The van der Waals surface area contributed by atoms with Crippen molar-refractivity contribution in [3.8, 4) is 5.69 Å². The maximum absolute atomic E-state index is 4.12. The maximum Gasteiger partial charge on any atom is 0.158 e. The minimum absolute atomic E-state index is 0.420. The van der Waals surface area contributed by atoms with Crippen LogP contribution in [0.25, 0.3) is 5.69 Å². The van der Waals surface area contributed by atoms with E-state index in [4.69, 9.17) is 0 Å². The second kappa shape index (κ2) is 6.26. The average Bonchev–Trinajstić information content (AvgIpc) is 2.87. The fourth-order valence-electron chi connectivity index (χ4n) is 2.02.